The van der Waals surface area contributed by atoms with Gasteiger partial charge in [-0.1, -0.05) is 54.9 Å². The molecule has 1 heterocycles. The molecule has 0 unspecified atom stereocenters. The standard InChI is InChI=1S/C28H36ClN3O6/c1-2-17-5-3-6-18(13-17)25-20(7-4-8-21(25)29)26(37-11-12-38-28(31)35)24-16-32(9-10-36-24)27(34)19-14-22(30)23(33)15-19/h3-8,13,19,22-24,26,33H,2,9-12,14-16,30H2,1H3,(H2,31,35)/t19-,22+,23-,24+,26-/m0/s1. The van der Waals surface area contributed by atoms with E-state index in [2.05, 4.69) is 19.1 Å². The lowest BCUT2D eigenvalue weighted by molar-refractivity contribution is -0.153. The molecular weight excluding hydrogens is 510 g/mol. The zero-order valence-corrected chi connectivity index (χ0v) is 22.3. The molecular formula is C28H36ClN3O6. The van der Waals surface area contributed by atoms with Crippen LogP contribution in [0.4, 0.5) is 4.79 Å². The highest BCUT2D eigenvalue weighted by atomic mass is 35.5. The summed E-state index contributed by atoms with van der Waals surface area (Å²) in [5.41, 5.74) is 14.8. The minimum absolute atomic E-state index is 0.0275. The number of carbonyl (C=O) groups is 2. The SMILES string of the molecule is CCc1cccc(-c2c(Cl)cccc2[C@H](OCCOC(N)=O)[C@H]2CN(C(=O)[C@H]3C[C@@H](N)[C@@H](O)C3)CCO2)c1. The van der Waals surface area contributed by atoms with Gasteiger partial charge in [-0.15, -0.1) is 0 Å². The Labute approximate surface area is 228 Å². The van der Waals surface area contributed by atoms with E-state index in [-0.39, 0.29) is 25.0 Å². The number of benzene rings is 2. The third-order valence-electron chi connectivity index (χ3n) is 7.27. The maximum absolute atomic E-state index is 13.3. The summed E-state index contributed by atoms with van der Waals surface area (Å²) < 4.78 is 17.3. The Kier molecular flexibility index (Phi) is 9.62. The van der Waals surface area contributed by atoms with Crippen LogP contribution in [0.2, 0.25) is 5.02 Å². The van der Waals surface area contributed by atoms with Crippen molar-refractivity contribution in [2.45, 2.75) is 50.5 Å². The number of primary amides is 1. The van der Waals surface area contributed by atoms with Crippen LogP contribution < -0.4 is 11.5 Å². The molecule has 2 aromatic carbocycles. The number of amides is 2. The summed E-state index contributed by atoms with van der Waals surface area (Å²) in [5.74, 6) is -0.358. The number of morpholine rings is 1. The summed E-state index contributed by atoms with van der Waals surface area (Å²) >= 11 is 6.76. The highest BCUT2D eigenvalue weighted by molar-refractivity contribution is 6.33. The summed E-state index contributed by atoms with van der Waals surface area (Å²) in [4.78, 5) is 26.2. The summed E-state index contributed by atoms with van der Waals surface area (Å²) in [6.07, 6.45) is -0.981. The zero-order valence-electron chi connectivity index (χ0n) is 21.6. The van der Waals surface area contributed by atoms with Crippen LogP contribution in [0.3, 0.4) is 0 Å². The van der Waals surface area contributed by atoms with Gasteiger partial charge in [0.25, 0.3) is 0 Å². The smallest absolute Gasteiger partial charge is 0.404 e. The fourth-order valence-corrected chi connectivity index (χ4v) is 5.60. The highest BCUT2D eigenvalue weighted by Crippen LogP contribution is 2.39. The van der Waals surface area contributed by atoms with Crippen LogP contribution >= 0.6 is 11.6 Å². The topological polar surface area (TPSA) is 137 Å². The second-order valence-electron chi connectivity index (χ2n) is 9.81. The molecule has 10 heteroatoms. The highest BCUT2D eigenvalue weighted by Gasteiger charge is 2.40. The van der Waals surface area contributed by atoms with Crippen molar-refractivity contribution >= 4 is 23.6 Å². The molecule has 2 fully saturated rings. The van der Waals surface area contributed by atoms with Crippen LogP contribution in [0.5, 0.6) is 0 Å². The Morgan fingerprint density at radius 3 is 2.71 bits per heavy atom. The van der Waals surface area contributed by atoms with Crippen LogP contribution in [0, 0.1) is 5.92 Å². The first kappa shape index (κ1) is 28.3. The fourth-order valence-electron chi connectivity index (χ4n) is 5.31. The number of aliphatic hydroxyl groups excluding tert-OH is 1. The van der Waals surface area contributed by atoms with E-state index < -0.39 is 30.4 Å². The molecule has 0 bridgehead atoms. The molecule has 1 aliphatic heterocycles. The van der Waals surface area contributed by atoms with Gasteiger partial charge in [-0.25, -0.2) is 4.79 Å². The number of halogens is 1. The van der Waals surface area contributed by atoms with Crippen molar-refractivity contribution in [1.82, 2.24) is 4.90 Å². The van der Waals surface area contributed by atoms with Gasteiger partial charge in [0.05, 0.1) is 19.3 Å². The van der Waals surface area contributed by atoms with Gasteiger partial charge in [-0.3, -0.25) is 4.79 Å². The lowest BCUT2D eigenvalue weighted by Crippen LogP contribution is -2.50. The first-order valence-electron chi connectivity index (χ1n) is 13.0. The van der Waals surface area contributed by atoms with Crippen LogP contribution in [0.25, 0.3) is 11.1 Å². The van der Waals surface area contributed by atoms with Crippen molar-refractivity contribution < 1.29 is 28.9 Å². The van der Waals surface area contributed by atoms with Crippen molar-refractivity contribution in [2.75, 3.05) is 32.9 Å². The Morgan fingerprint density at radius 2 is 2.00 bits per heavy atom. The zero-order chi connectivity index (χ0) is 27.2. The number of nitrogens with two attached hydrogens (primary N) is 2. The molecule has 0 radical (unpaired) electrons. The van der Waals surface area contributed by atoms with E-state index in [0.29, 0.717) is 37.6 Å². The number of carbonyl (C=O) groups excluding carboxylic acids is 2. The third kappa shape index (κ3) is 6.65. The Morgan fingerprint density at radius 1 is 1.21 bits per heavy atom. The average Bonchev–Trinajstić information content (AvgIpc) is 3.26. The number of ether oxygens (including phenoxy) is 3. The van der Waals surface area contributed by atoms with E-state index in [9.17, 15) is 14.7 Å². The van der Waals surface area contributed by atoms with E-state index in [4.69, 9.17) is 37.3 Å². The molecule has 5 N–H and O–H groups in total. The van der Waals surface area contributed by atoms with Crippen molar-refractivity contribution in [3.63, 3.8) is 0 Å². The predicted octanol–water partition coefficient (Wildman–Crippen LogP) is 3.05. The minimum atomic E-state index is -0.882. The number of nitrogens with zero attached hydrogens (tertiary/aromatic N) is 1. The molecule has 4 rings (SSSR count). The predicted molar refractivity (Wildman–Crippen MR) is 144 cm³/mol. The second-order valence-corrected chi connectivity index (χ2v) is 10.2. The Hall–Kier alpha value is -2.69. The van der Waals surface area contributed by atoms with Crippen LogP contribution in [-0.4, -0.2) is 73.2 Å². The van der Waals surface area contributed by atoms with E-state index >= 15 is 0 Å². The average molecular weight is 546 g/mol. The maximum atomic E-state index is 13.3. The summed E-state index contributed by atoms with van der Waals surface area (Å²) in [6.45, 7) is 3.20. The summed E-state index contributed by atoms with van der Waals surface area (Å²) in [7, 11) is 0. The van der Waals surface area contributed by atoms with Gasteiger partial charge in [-0.2, -0.15) is 0 Å². The van der Waals surface area contributed by atoms with E-state index in [1.165, 1.54) is 5.56 Å². The molecule has 1 saturated carbocycles. The largest absolute Gasteiger partial charge is 0.447 e. The van der Waals surface area contributed by atoms with Crippen molar-refractivity contribution in [3.05, 3.63) is 58.6 Å². The number of rotatable bonds is 9. The first-order valence-corrected chi connectivity index (χ1v) is 13.4. The maximum Gasteiger partial charge on any atom is 0.404 e. The molecule has 2 aliphatic rings. The molecule has 206 valence electrons. The quantitative estimate of drug-likeness (QED) is 0.412. The monoisotopic (exact) mass is 545 g/mol. The molecule has 0 aromatic heterocycles. The number of hydrogen-bond acceptors (Lipinski definition) is 7. The summed E-state index contributed by atoms with van der Waals surface area (Å²) in [6, 6.07) is 13.4. The van der Waals surface area contributed by atoms with Gasteiger partial charge in [0.1, 0.15) is 18.8 Å². The van der Waals surface area contributed by atoms with E-state index in [0.717, 1.165) is 23.1 Å². The first-order chi connectivity index (χ1) is 18.3. The number of aliphatic hydroxyl groups is 1. The van der Waals surface area contributed by atoms with Gasteiger partial charge in [0.2, 0.25) is 5.91 Å². The van der Waals surface area contributed by atoms with Crippen LogP contribution in [-0.2, 0) is 25.4 Å². The second kappa shape index (κ2) is 12.9. The van der Waals surface area contributed by atoms with Gasteiger partial charge in [-0.05, 0) is 42.0 Å². The molecule has 1 aliphatic carbocycles. The van der Waals surface area contributed by atoms with Gasteiger partial charge in [0.15, 0.2) is 0 Å². The van der Waals surface area contributed by atoms with Gasteiger partial charge >= 0.3 is 6.09 Å². The van der Waals surface area contributed by atoms with E-state index in [1.807, 2.05) is 30.3 Å². The number of aryl methyl sites for hydroxylation is 1. The lowest BCUT2D eigenvalue weighted by Gasteiger charge is -2.38. The van der Waals surface area contributed by atoms with Crippen molar-refractivity contribution in [1.29, 1.82) is 0 Å². The fraction of sp³-hybridized carbons (Fsp3) is 0.500. The Balaban J connectivity index is 1.63. The minimum Gasteiger partial charge on any atom is -0.447 e. The normalized spacial score (nSPS) is 24.3. The van der Waals surface area contributed by atoms with Crippen molar-refractivity contribution in [2.24, 2.45) is 17.4 Å². The van der Waals surface area contributed by atoms with Gasteiger partial charge in [0, 0.05) is 35.6 Å². The molecule has 2 aromatic rings. The molecule has 2 amide bonds. The Bertz CT molecular complexity index is 1120. The van der Waals surface area contributed by atoms with Crippen LogP contribution in [0.15, 0.2) is 42.5 Å². The van der Waals surface area contributed by atoms with Crippen LogP contribution in [0.1, 0.15) is 37.0 Å². The van der Waals surface area contributed by atoms with Crippen molar-refractivity contribution in [3.8, 4) is 11.1 Å². The lowest BCUT2D eigenvalue weighted by atomic mass is 9.91. The molecule has 9 nitrogen and oxygen atoms in total. The number of hydrogen-bond donors (Lipinski definition) is 3. The third-order valence-corrected chi connectivity index (χ3v) is 7.59. The molecule has 38 heavy (non-hydrogen) atoms. The molecule has 5 atom stereocenters. The van der Waals surface area contributed by atoms with E-state index in [1.54, 1.807) is 4.90 Å². The van der Waals surface area contributed by atoms with Gasteiger partial charge < -0.3 is 35.7 Å². The molecule has 1 saturated heterocycles. The molecule has 0 spiro atoms. The summed E-state index contributed by atoms with van der Waals surface area (Å²) in [5, 5.41) is 10.6.